The largest absolute Gasteiger partial charge is 0.494 e. The third-order valence-electron chi connectivity index (χ3n) is 6.39. The van der Waals surface area contributed by atoms with E-state index in [0.29, 0.717) is 31.8 Å². The van der Waals surface area contributed by atoms with Crippen LogP contribution in [0.2, 0.25) is 0 Å². The molecular formula is C31H38N2O7. The highest BCUT2D eigenvalue weighted by Crippen LogP contribution is 2.27. The number of ether oxygens (including phenoxy) is 3. The van der Waals surface area contributed by atoms with Crippen molar-refractivity contribution in [2.45, 2.75) is 64.4 Å². The van der Waals surface area contributed by atoms with Gasteiger partial charge in [-0.05, 0) is 78.6 Å². The van der Waals surface area contributed by atoms with Crippen molar-refractivity contribution >= 4 is 11.9 Å². The van der Waals surface area contributed by atoms with Gasteiger partial charge in [-0.1, -0.05) is 25.0 Å². The van der Waals surface area contributed by atoms with Crippen LogP contribution in [0.5, 0.6) is 11.5 Å². The van der Waals surface area contributed by atoms with Crippen LogP contribution in [0.25, 0.3) is 11.1 Å². The second kappa shape index (κ2) is 16.9. The minimum Gasteiger partial charge on any atom is -0.494 e. The van der Waals surface area contributed by atoms with Crippen LogP contribution in [-0.4, -0.2) is 52.4 Å². The van der Waals surface area contributed by atoms with E-state index in [4.69, 9.17) is 19.3 Å². The second-order valence-corrected chi connectivity index (χ2v) is 9.57. The molecule has 0 saturated carbocycles. The summed E-state index contributed by atoms with van der Waals surface area (Å²) in [6.45, 7) is 1.37. The fourth-order valence-corrected chi connectivity index (χ4v) is 4.47. The number of aromatic nitrogens is 2. The molecule has 1 heterocycles. The van der Waals surface area contributed by atoms with Gasteiger partial charge in [0.15, 0.2) is 0 Å². The molecule has 0 radical (unpaired) electrons. The van der Waals surface area contributed by atoms with Crippen LogP contribution in [0, 0.1) is 0 Å². The number of unbranched alkanes of at least 4 members (excludes halogenated alkanes) is 3. The summed E-state index contributed by atoms with van der Waals surface area (Å²) < 4.78 is 17.2. The number of benzene rings is 2. The van der Waals surface area contributed by atoms with Crippen LogP contribution in [0.15, 0.2) is 55.1 Å². The summed E-state index contributed by atoms with van der Waals surface area (Å²) in [4.78, 5) is 30.2. The number of carboxylic acids is 2. The summed E-state index contributed by atoms with van der Waals surface area (Å²) in [5, 5.41) is 18.0. The van der Waals surface area contributed by atoms with Crippen LogP contribution < -0.4 is 9.47 Å². The molecule has 3 rings (SSSR count). The fourth-order valence-electron chi connectivity index (χ4n) is 4.47. The molecule has 9 nitrogen and oxygen atoms in total. The molecule has 0 aliphatic rings. The van der Waals surface area contributed by atoms with E-state index in [1.54, 1.807) is 19.5 Å². The maximum atomic E-state index is 11.2. The summed E-state index contributed by atoms with van der Waals surface area (Å²) in [7, 11) is 1.67. The second-order valence-electron chi connectivity index (χ2n) is 9.57. The van der Waals surface area contributed by atoms with E-state index in [-0.39, 0.29) is 19.4 Å². The maximum absolute atomic E-state index is 11.2. The highest BCUT2D eigenvalue weighted by Gasteiger charge is 2.12. The zero-order valence-corrected chi connectivity index (χ0v) is 23.0. The molecule has 0 saturated heterocycles. The standard InChI is InChI=1S/C31H38N2O7/c1-38-21-23-16-25(26-19-32-22-33-20-26)18-27(17-23)39-14-5-3-2-4-8-24-9-6-10-29(28(24)12-13-31(36)37)40-15-7-11-30(34)35/h6,9-10,16-20,22H,2-5,7-8,11-15,21H2,1H3,(H,34,35)(H,36,37). The minimum absolute atomic E-state index is 0.0183. The lowest BCUT2D eigenvalue weighted by atomic mass is 9.97. The Morgan fingerprint density at radius 3 is 2.30 bits per heavy atom. The molecule has 2 aromatic carbocycles. The normalized spacial score (nSPS) is 10.8. The predicted molar refractivity (Wildman–Crippen MR) is 151 cm³/mol. The van der Waals surface area contributed by atoms with Crippen molar-refractivity contribution < 1.29 is 34.0 Å². The van der Waals surface area contributed by atoms with Crippen molar-refractivity contribution in [1.82, 2.24) is 9.97 Å². The quantitative estimate of drug-likeness (QED) is 0.180. The summed E-state index contributed by atoms with van der Waals surface area (Å²) in [5.74, 6) is -0.282. The van der Waals surface area contributed by atoms with Crippen molar-refractivity contribution in [1.29, 1.82) is 0 Å². The molecule has 0 aliphatic heterocycles. The van der Waals surface area contributed by atoms with Gasteiger partial charge in [-0.2, -0.15) is 0 Å². The van der Waals surface area contributed by atoms with Crippen LogP contribution >= 0.6 is 0 Å². The summed E-state index contributed by atoms with van der Waals surface area (Å²) in [6, 6.07) is 11.8. The lowest BCUT2D eigenvalue weighted by Gasteiger charge is -2.15. The monoisotopic (exact) mass is 550 g/mol. The zero-order valence-electron chi connectivity index (χ0n) is 23.0. The van der Waals surface area contributed by atoms with E-state index in [1.165, 1.54) is 6.33 Å². The van der Waals surface area contributed by atoms with Crippen LogP contribution in [-0.2, 0) is 33.8 Å². The summed E-state index contributed by atoms with van der Waals surface area (Å²) in [6.07, 6.45) is 10.6. The average Bonchev–Trinajstić information content (AvgIpc) is 2.94. The van der Waals surface area contributed by atoms with Gasteiger partial charge in [-0.25, -0.2) is 9.97 Å². The Balaban J connectivity index is 1.48. The predicted octanol–water partition coefficient (Wildman–Crippen LogP) is 5.73. The summed E-state index contributed by atoms with van der Waals surface area (Å²) >= 11 is 0. The number of nitrogens with zero attached hydrogens (tertiary/aromatic N) is 2. The number of aryl methyl sites for hydroxylation is 1. The Morgan fingerprint density at radius 2 is 1.55 bits per heavy atom. The molecule has 0 spiro atoms. The number of carbonyl (C=O) groups is 2. The van der Waals surface area contributed by atoms with Gasteiger partial charge < -0.3 is 24.4 Å². The first-order valence-corrected chi connectivity index (χ1v) is 13.6. The van der Waals surface area contributed by atoms with E-state index >= 15 is 0 Å². The van der Waals surface area contributed by atoms with Crippen LogP contribution in [0.4, 0.5) is 0 Å². The van der Waals surface area contributed by atoms with E-state index in [2.05, 4.69) is 16.0 Å². The average molecular weight is 551 g/mol. The number of hydrogen-bond acceptors (Lipinski definition) is 7. The summed E-state index contributed by atoms with van der Waals surface area (Å²) in [5.41, 5.74) is 4.91. The lowest BCUT2D eigenvalue weighted by molar-refractivity contribution is -0.138. The Bertz CT molecular complexity index is 1220. The lowest BCUT2D eigenvalue weighted by Crippen LogP contribution is -2.07. The Hall–Kier alpha value is -3.98. The minimum atomic E-state index is -0.861. The molecule has 9 heteroatoms. The maximum Gasteiger partial charge on any atom is 0.303 e. The first-order valence-electron chi connectivity index (χ1n) is 13.6. The SMILES string of the molecule is COCc1cc(OCCCCCCc2cccc(OCCCC(=O)O)c2CCC(=O)O)cc(-c2cncnc2)c1. The molecular weight excluding hydrogens is 512 g/mol. The van der Waals surface area contributed by atoms with Gasteiger partial charge in [-0.15, -0.1) is 0 Å². The number of carboxylic acid groups (broad SMARTS) is 2. The fraction of sp³-hybridized carbons (Fsp3) is 0.419. The molecule has 0 unspecified atom stereocenters. The molecule has 214 valence electrons. The molecule has 1 aromatic heterocycles. The third-order valence-corrected chi connectivity index (χ3v) is 6.39. The van der Waals surface area contributed by atoms with Gasteiger partial charge in [0, 0.05) is 37.9 Å². The van der Waals surface area contributed by atoms with Crippen molar-refractivity contribution in [3.8, 4) is 22.6 Å². The van der Waals surface area contributed by atoms with Crippen molar-refractivity contribution in [3.63, 3.8) is 0 Å². The molecule has 0 atom stereocenters. The smallest absolute Gasteiger partial charge is 0.303 e. The molecule has 3 aromatic rings. The first-order chi connectivity index (χ1) is 19.5. The van der Waals surface area contributed by atoms with Gasteiger partial charge in [0.05, 0.1) is 19.8 Å². The molecule has 40 heavy (non-hydrogen) atoms. The zero-order chi connectivity index (χ0) is 28.6. The first kappa shape index (κ1) is 30.6. The van der Waals surface area contributed by atoms with E-state index in [9.17, 15) is 14.7 Å². The van der Waals surface area contributed by atoms with Gasteiger partial charge in [0.1, 0.15) is 17.8 Å². The van der Waals surface area contributed by atoms with Gasteiger partial charge >= 0.3 is 11.9 Å². The Labute approximate surface area is 235 Å². The Kier molecular flexibility index (Phi) is 12.9. The number of methoxy groups -OCH3 is 1. The van der Waals surface area contributed by atoms with Crippen molar-refractivity contribution in [2.75, 3.05) is 20.3 Å². The Morgan fingerprint density at radius 1 is 0.800 bits per heavy atom. The molecule has 0 fully saturated rings. The third kappa shape index (κ3) is 10.6. The highest BCUT2D eigenvalue weighted by atomic mass is 16.5. The number of rotatable bonds is 19. The van der Waals surface area contributed by atoms with E-state index < -0.39 is 11.9 Å². The highest BCUT2D eigenvalue weighted by molar-refractivity contribution is 5.67. The van der Waals surface area contributed by atoms with E-state index in [0.717, 1.165) is 65.7 Å². The van der Waals surface area contributed by atoms with E-state index in [1.807, 2.05) is 30.3 Å². The van der Waals surface area contributed by atoms with Gasteiger partial charge in [0.2, 0.25) is 0 Å². The molecule has 0 bridgehead atoms. The van der Waals surface area contributed by atoms with Crippen LogP contribution in [0.1, 0.15) is 61.6 Å². The van der Waals surface area contributed by atoms with Crippen molar-refractivity contribution in [2.24, 2.45) is 0 Å². The van der Waals surface area contributed by atoms with Crippen LogP contribution in [0.3, 0.4) is 0 Å². The van der Waals surface area contributed by atoms with Crippen molar-refractivity contribution in [3.05, 3.63) is 71.8 Å². The number of hydrogen-bond donors (Lipinski definition) is 2. The molecule has 0 amide bonds. The number of aliphatic carboxylic acids is 2. The van der Waals surface area contributed by atoms with Gasteiger partial charge in [0.25, 0.3) is 0 Å². The molecule has 2 N–H and O–H groups in total. The topological polar surface area (TPSA) is 128 Å². The molecule has 0 aliphatic carbocycles. The van der Waals surface area contributed by atoms with Gasteiger partial charge in [-0.3, -0.25) is 9.59 Å².